The highest BCUT2D eigenvalue weighted by molar-refractivity contribution is 8.00. The minimum absolute atomic E-state index is 0.0869. The summed E-state index contributed by atoms with van der Waals surface area (Å²) >= 11 is 2.77. The van der Waals surface area contributed by atoms with Crippen LogP contribution in [0.3, 0.4) is 0 Å². The first-order chi connectivity index (χ1) is 26.4. The Balaban J connectivity index is 1.08. The fraction of sp³-hybridized carbons (Fsp3) is 0.0455. The largest absolute Gasteiger partial charge is 0.497 e. The number of nitrogens with one attached hydrogen (secondary N) is 3. The molecule has 266 valence electrons. The predicted molar refractivity (Wildman–Crippen MR) is 219 cm³/mol. The van der Waals surface area contributed by atoms with Crippen LogP contribution in [0.1, 0.15) is 26.7 Å². The Morgan fingerprint density at radius 3 is 2.06 bits per heavy atom. The molecule has 8 nitrogen and oxygen atoms in total. The summed E-state index contributed by atoms with van der Waals surface area (Å²) in [5, 5.41) is 8.64. The Kier molecular flexibility index (Phi) is 11.2. The van der Waals surface area contributed by atoms with Crippen LogP contribution in [0, 0.1) is 0 Å². The Bertz CT molecular complexity index is 2420. The van der Waals surface area contributed by atoms with Crippen molar-refractivity contribution in [3.05, 3.63) is 180 Å². The number of anilines is 2. The minimum atomic E-state index is -0.579. The Labute approximate surface area is 320 Å². The molecule has 1 heterocycles. The van der Waals surface area contributed by atoms with E-state index in [9.17, 15) is 14.4 Å². The number of aromatic nitrogens is 1. The van der Waals surface area contributed by atoms with Crippen LogP contribution in [0.15, 0.2) is 168 Å². The topological polar surface area (TPSA) is 109 Å². The van der Waals surface area contributed by atoms with Crippen LogP contribution >= 0.6 is 23.1 Å². The summed E-state index contributed by atoms with van der Waals surface area (Å²) in [6.07, 6.45) is 1.65. The number of ether oxygens (including phenoxy) is 1. The SMILES string of the molecule is COc1ccc2nc(NC(=O)C(Sc3ccc(NC(=O)/C(=C/c4ccc(-c5ccccc5)cc4)NC(=O)c4ccccc4)cc3)c3ccccc3)sc2c1. The molecule has 0 bridgehead atoms. The van der Waals surface area contributed by atoms with Gasteiger partial charge in [-0.2, -0.15) is 0 Å². The van der Waals surface area contributed by atoms with E-state index >= 15 is 0 Å². The van der Waals surface area contributed by atoms with Crippen molar-refractivity contribution >= 4 is 67.9 Å². The molecule has 0 aliphatic rings. The van der Waals surface area contributed by atoms with Gasteiger partial charge in [-0.1, -0.05) is 114 Å². The molecule has 6 aromatic carbocycles. The van der Waals surface area contributed by atoms with Gasteiger partial charge in [0.25, 0.3) is 11.8 Å². The van der Waals surface area contributed by atoms with Crippen molar-refractivity contribution < 1.29 is 19.1 Å². The molecular formula is C44H34N4O4S2. The smallest absolute Gasteiger partial charge is 0.272 e. The van der Waals surface area contributed by atoms with E-state index in [2.05, 4.69) is 20.9 Å². The summed E-state index contributed by atoms with van der Waals surface area (Å²) in [4.78, 5) is 46.0. The number of rotatable bonds is 12. The molecule has 1 aromatic heterocycles. The Hall–Kier alpha value is -6.49. The first kappa shape index (κ1) is 35.9. The van der Waals surface area contributed by atoms with Crippen molar-refractivity contribution in [3.8, 4) is 16.9 Å². The van der Waals surface area contributed by atoms with Crippen molar-refractivity contribution in [1.29, 1.82) is 0 Å². The maximum Gasteiger partial charge on any atom is 0.272 e. The molecule has 7 rings (SSSR count). The zero-order valence-corrected chi connectivity index (χ0v) is 30.7. The third kappa shape index (κ3) is 8.92. The van der Waals surface area contributed by atoms with Crippen LogP contribution in [0.25, 0.3) is 27.4 Å². The molecule has 1 atom stereocenters. The van der Waals surface area contributed by atoms with Gasteiger partial charge in [0.2, 0.25) is 5.91 Å². The molecule has 0 saturated carbocycles. The zero-order chi connectivity index (χ0) is 37.3. The fourth-order valence-electron chi connectivity index (χ4n) is 5.62. The molecule has 0 radical (unpaired) electrons. The monoisotopic (exact) mass is 746 g/mol. The number of hydrogen-bond acceptors (Lipinski definition) is 7. The van der Waals surface area contributed by atoms with Crippen LogP contribution < -0.4 is 20.7 Å². The lowest BCUT2D eigenvalue weighted by atomic mass is 10.0. The van der Waals surface area contributed by atoms with Gasteiger partial charge in [-0.15, -0.1) is 11.8 Å². The van der Waals surface area contributed by atoms with E-state index in [-0.39, 0.29) is 11.6 Å². The van der Waals surface area contributed by atoms with Crippen LogP contribution in [0.5, 0.6) is 5.75 Å². The van der Waals surface area contributed by atoms with Gasteiger partial charge in [0.15, 0.2) is 5.13 Å². The number of nitrogens with zero attached hydrogens (tertiary/aromatic N) is 1. The molecular weight excluding hydrogens is 713 g/mol. The van der Waals surface area contributed by atoms with Gasteiger partial charge in [0.1, 0.15) is 16.7 Å². The summed E-state index contributed by atoms with van der Waals surface area (Å²) in [6, 6.07) is 48.9. The number of carbonyl (C=O) groups excluding carboxylic acids is 3. The summed E-state index contributed by atoms with van der Waals surface area (Å²) in [6.45, 7) is 0. The number of hydrogen-bond donors (Lipinski definition) is 3. The van der Waals surface area contributed by atoms with Gasteiger partial charge in [0.05, 0.1) is 17.3 Å². The van der Waals surface area contributed by atoms with Crippen molar-refractivity contribution in [3.63, 3.8) is 0 Å². The van der Waals surface area contributed by atoms with Gasteiger partial charge in [-0.3, -0.25) is 14.4 Å². The van der Waals surface area contributed by atoms with E-state index < -0.39 is 17.1 Å². The molecule has 1 unspecified atom stereocenters. The van der Waals surface area contributed by atoms with E-state index in [1.807, 2.05) is 121 Å². The quantitative estimate of drug-likeness (QED) is 0.0849. The number of fused-ring (bicyclic) bond motifs is 1. The average molecular weight is 747 g/mol. The molecule has 0 spiro atoms. The third-order valence-electron chi connectivity index (χ3n) is 8.39. The standard InChI is InChI=1S/C44H34N4O4S2/c1-52-35-23-26-37-39(28-35)54-44(47-37)48-43(51)40(32-13-7-3-8-14-32)53-36-24-21-34(22-25-36)45-42(50)38(46-41(49)33-15-9-4-10-16-33)27-29-17-19-31(20-18-29)30-11-5-2-6-12-30/h2-28,40H,1H3,(H,45,50)(H,46,49)(H,47,48,51)/b38-27-. The van der Waals surface area contributed by atoms with E-state index in [1.165, 1.54) is 23.1 Å². The first-order valence-electron chi connectivity index (χ1n) is 17.0. The van der Waals surface area contributed by atoms with Crippen LogP contribution in [-0.4, -0.2) is 29.8 Å². The van der Waals surface area contributed by atoms with Gasteiger partial charge in [-0.05, 0) is 82.9 Å². The molecule has 7 aromatic rings. The summed E-state index contributed by atoms with van der Waals surface area (Å²) in [5.74, 6) is -0.378. The molecule has 3 N–H and O–H groups in total. The molecule has 0 saturated heterocycles. The molecule has 3 amide bonds. The van der Waals surface area contributed by atoms with Gasteiger partial charge < -0.3 is 20.7 Å². The second kappa shape index (κ2) is 16.9. The number of thioether (sulfide) groups is 1. The maximum absolute atomic E-state index is 13.7. The Morgan fingerprint density at radius 2 is 1.37 bits per heavy atom. The predicted octanol–water partition coefficient (Wildman–Crippen LogP) is 9.85. The lowest BCUT2D eigenvalue weighted by molar-refractivity contribution is -0.116. The second-order valence-corrected chi connectivity index (χ2v) is 14.3. The summed E-state index contributed by atoms with van der Waals surface area (Å²) in [7, 11) is 1.61. The van der Waals surface area contributed by atoms with E-state index in [4.69, 9.17) is 4.74 Å². The van der Waals surface area contributed by atoms with Crippen LogP contribution in [0.2, 0.25) is 0 Å². The second-order valence-electron chi connectivity index (χ2n) is 12.1. The number of benzene rings is 6. The highest BCUT2D eigenvalue weighted by Crippen LogP contribution is 2.38. The van der Waals surface area contributed by atoms with Crippen molar-refractivity contribution in [1.82, 2.24) is 10.3 Å². The van der Waals surface area contributed by atoms with Crippen LogP contribution in [-0.2, 0) is 9.59 Å². The summed E-state index contributed by atoms with van der Waals surface area (Å²) < 4.78 is 6.24. The van der Waals surface area contributed by atoms with E-state index in [1.54, 1.807) is 49.6 Å². The first-order valence-corrected chi connectivity index (χ1v) is 18.7. The lowest BCUT2D eigenvalue weighted by Crippen LogP contribution is -2.30. The molecule has 10 heteroatoms. The fourth-order valence-corrected chi connectivity index (χ4v) is 7.54. The van der Waals surface area contributed by atoms with E-state index in [0.717, 1.165) is 43.1 Å². The number of amides is 3. The normalized spacial score (nSPS) is 11.8. The molecule has 0 aliphatic heterocycles. The van der Waals surface area contributed by atoms with Gasteiger partial charge in [0, 0.05) is 16.1 Å². The third-order valence-corrected chi connectivity index (χ3v) is 10.6. The minimum Gasteiger partial charge on any atom is -0.497 e. The molecule has 54 heavy (non-hydrogen) atoms. The van der Waals surface area contributed by atoms with Crippen molar-refractivity contribution in [2.24, 2.45) is 0 Å². The van der Waals surface area contributed by atoms with Gasteiger partial charge >= 0.3 is 0 Å². The highest BCUT2D eigenvalue weighted by Gasteiger charge is 2.24. The Morgan fingerprint density at radius 1 is 0.722 bits per heavy atom. The highest BCUT2D eigenvalue weighted by atomic mass is 32.2. The van der Waals surface area contributed by atoms with Gasteiger partial charge in [-0.25, -0.2) is 4.98 Å². The van der Waals surface area contributed by atoms with E-state index in [0.29, 0.717) is 16.4 Å². The summed E-state index contributed by atoms with van der Waals surface area (Å²) in [5.41, 5.74) is 5.51. The molecule has 0 fully saturated rings. The molecule has 0 aliphatic carbocycles. The zero-order valence-electron chi connectivity index (χ0n) is 29.1. The average Bonchev–Trinajstić information content (AvgIpc) is 3.62. The van der Waals surface area contributed by atoms with Crippen LogP contribution in [0.4, 0.5) is 10.8 Å². The number of thiazole rings is 1. The number of methoxy groups -OCH3 is 1. The number of carbonyl (C=O) groups is 3. The maximum atomic E-state index is 13.7. The lowest BCUT2D eigenvalue weighted by Gasteiger charge is -2.17. The van der Waals surface area contributed by atoms with Crippen molar-refractivity contribution in [2.75, 3.05) is 17.7 Å². The van der Waals surface area contributed by atoms with Crippen molar-refractivity contribution in [2.45, 2.75) is 10.1 Å².